The zero-order valence-corrected chi connectivity index (χ0v) is 38.5. The Morgan fingerprint density at radius 3 is 1.47 bits per heavy atom. The molecule has 0 aliphatic carbocycles. The van der Waals surface area contributed by atoms with Crippen LogP contribution < -0.4 is 16.0 Å². The van der Waals surface area contributed by atoms with Gasteiger partial charge in [0.15, 0.2) is 0 Å². The highest BCUT2D eigenvalue weighted by molar-refractivity contribution is 5.76. The second kappa shape index (κ2) is 43.9. The van der Waals surface area contributed by atoms with Crippen LogP contribution >= 0.6 is 0 Å². The Morgan fingerprint density at radius 2 is 1.00 bits per heavy atom. The molecule has 0 aromatic heterocycles. The minimum atomic E-state index is -0.914. The lowest BCUT2D eigenvalue weighted by Crippen LogP contribution is -2.46. The molecule has 9 nitrogen and oxygen atoms in total. The smallest absolute Gasteiger partial charge is 0.407 e. The average molecular weight is 808 g/mol. The lowest BCUT2D eigenvalue weighted by molar-refractivity contribution is -0.123. The zero-order valence-electron chi connectivity index (χ0n) is 38.5. The summed E-state index contributed by atoms with van der Waals surface area (Å²) in [5.74, 6) is -0.0895. The molecule has 9 heteroatoms. The minimum absolute atomic E-state index is 0.0660. The number of rotatable bonds is 44. The van der Waals surface area contributed by atoms with Gasteiger partial charge in [-0.25, -0.2) is 4.79 Å². The predicted octanol–water partition coefficient (Wildman–Crippen LogP) is 10.9. The molecule has 0 aliphatic rings. The molecule has 57 heavy (non-hydrogen) atoms. The summed E-state index contributed by atoms with van der Waals surface area (Å²) in [5, 5.41) is 20.1. The van der Waals surface area contributed by atoms with Crippen LogP contribution in [0.1, 0.15) is 206 Å². The maximum absolute atomic E-state index is 12.9. The Balaban J connectivity index is 4.51. The number of hydrogen-bond donors (Lipinski definition) is 4. The summed E-state index contributed by atoms with van der Waals surface area (Å²) < 4.78 is 5.53. The van der Waals surface area contributed by atoms with Crippen LogP contribution in [-0.4, -0.2) is 106 Å². The van der Waals surface area contributed by atoms with Gasteiger partial charge in [-0.05, 0) is 98.8 Å². The van der Waals surface area contributed by atoms with Gasteiger partial charge in [-0.15, -0.1) is 0 Å². The molecule has 0 saturated carbocycles. The molecule has 0 fully saturated rings. The van der Waals surface area contributed by atoms with Crippen LogP contribution in [0.2, 0.25) is 0 Å². The van der Waals surface area contributed by atoms with Gasteiger partial charge in [-0.2, -0.15) is 0 Å². The first-order valence-electron chi connectivity index (χ1n) is 24.4. The fourth-order valence-corrected chi connectivity index (χ4v) is 7.37. The van der Waals surface area contributed by atoms with Crippen molar-refractivity contribution < 1.29 is 19.4 Å². The summed E-state index contributed by atoms with van der Waals surface area (Å²) in [5.41, 5.74) is 0. The van der Waals surface area contributed by atoms with Gasteiger partial charge in [-0.1, -0.05) is 167 Å². The van der Waals surface area contributed by atoms with Gasteiger partial charge in [0, 0.05) is 13.0 Å². The Hall–Kier alpha value is -1.68. The van der Waals surface area contributed by atoms with Crippen LogP contribution in [0.4, 0.5) is 4.79 Å². The fourth-order valence-electron chi connectivity index (χ4n) is 7.37. The minimum Gasteiger partial charge on any atom is -0.447 e. The van der Waals surface area contributed by atoms with E-state index in [9.17, 15) is 14.7 Å². The van der Waals surface area contributed by atoms with Crippen molar-refractivity contribution in [3.05, 3.63) is 12.2 Å². The third kappa shape index (κ3) is 40.9. The first-order valence-corrected chi connectivity index (χ1v) is 24.4. The molecule has 0 heterocycles. The van der Waals surface area contributed by atoms with Crippen LogP contribution in [0.5, 0.6) is 0 Å². The van der Waals surface area contributed by atoms with Crippen LogP contribution in [0.15, 0.2) is 12.2 Å². The molecule has 0 aromatic rings. The van der Waals surface area contributed by atoms with E-state index in [2.05, 4.69) is 53.7 Å². The molecule has 0 saturated heterocycles. The highest BCUT2D eigenvalue weighted by atomic mass is 16.5. The SMILES string of the molecule is CCCCCCCCCCCCC/C=C/[C@@H](O)[C@H](COC(=O)NCCCN(C)CCCCN(C)CCCNC)NC(=O)CCCCCCCCCCCCCCC. The molecule has 0 aromatic carbocycles. The van der Waals surface area contributed by atoms with Crippen molar-refractivity contribution in [2.75, 3.05) is 67.0 Å². The summed E-state index contributed by atoms with van der Waals surface area (Å²) in [6, 6.07) is -0.674. The number of ether oxygens (including phenoxy) is 1. The highest BCUT2D eigenvalue weighted by Crippen LogP contribution is 2.14. The van der Waals surface area contributed by atoms with E-state index < -0.39 is 18.2 Å². The number of carbonyl (C=O) groups excluding carboxylic acids is 2. The van der Waals surface area contributed by atoms with E-state index in [0.29, 0.717) is 13.0 Å². The Labute approximate surface area is 354 Å². The number of alkyl carbamates (subject to hydrolysis) is 1. The largest absolute Gasteiger partial charge is 0.447 e. The van der Waals surface area contributed by atoms with Crippen molar-refractivity contribution in [2.45, 2.75) is 219 Å². The van der Waals surface area contributed by atoms with Crippen molar-refractivity contribution in [1.82, 2.24) is 25.8 Å². The molecule has 0 radical (unpaired) electrons. The summed E-state index contributed by atoms with van der Waals surface area (Å²) in [6.07, 6.45) is 38.8. The zero-order chi connectivity index (χ0) is 41.9. The number of nitrogens with one attached hydrogen (secondary N) is 3. The number of unbranched alkanes of at least 4 members (excludes halogenated alkanes) is 24. The van der Waals surface area contributed by atoms with Gasteiger partial charge >= 0.3 is 6.09 Å². The van der Waals surface area contributed by atoms with Gasteiger partial charge in [0.25, 0.3) is 0 Å². The third-order valence-electron chi connectivity index (χ3n) is 11.2. The molecule has 2 amide bonds. The molecule has 4 N–H and O–H groups in total. The number of nitrogens with zero attached hydrogens (tertiary/aromatic N) is 2. The van der Waals surface area contributed by atoms with Gasteiger partial charge in [0.05, 0.1) is 12.1 Å². The molecule has 338 valence electrons. The predicted molar refractivity (Wildman–Crippen MR) is 245 cm³/mol. The first kappa shape index (κ1) is 55.3. The van der Waals surface area contributed by atoms with Crippen molar-refractivity contribution in [3.63, 3.8) is 0 Å². The second-order valence-corrected chi connectivity index (χ2v) is 17.1. The molecule has 0 unspecified atom stereocenters. The number of aliphatic hydroxyl groups is 1. The summed E-state index contributed by atoms with van der Waals surface area (Å²) in [4.78, 5) is 30.2. The Bertz CT molecular complexity index is 891. The summed E-state index contributed by atoms with van der Waals surface area (Å²) >= 11 is 0. The van der Waals surface area contributed by atoms with Crippen molar-refractivity contribution in [1.29, 1.82) is 0 Å². The standard InChI is InChI=1S/C48H97N5O4/c1-6-8-10-12-14-16-18-20-22-24-26-28-30-36-46(54)45(51-47(55)37-31-29-27-25-23-21-19-17-15-13-11-9-7-2)44-57-48(56)50-39-35-43-53(5)41-33-32-40-52(4)42-34-38-49-3/h30,36,45-46,49,54H,6-29,31-35,37-44H2,1-5H3,(H,50,56)(H,51,55)/b36-30+/t45-,46+/m0/s1. The van der Waals surface area contributed by atoms with Crippen LogP contribution in [-0.2, 0) is 9.53 Å². The molecule has 0 bridgehead atoms. The van der Waals surface area contributed by atoms with Gasteiger partial charge in [0.2, 0.25) is 5.91 Å². The normalized spacial score (nSPS) is 12.8. The molecule has 0 rings (SSSR count). The number of amides is 2. The maximum Gasteiger partial charge on any atom is 0.407 e. The van der Waals surface area contributed by atoms with Crippen LogP contribution in [0, 0.1) is 0 Å². The van der Waals surface area contributed by atoms with E-state index >= 15 is 0 Å². The third-order valence-corrected chi connectivity index (χ3v) is 11.2. The van der Waals surface area contributed by atoms with Crippen molar-refractivity contribution in [2.24, 2.45) is 0 Å². The van der Waals surface area contributed by atoms with E-state index in [4.69, 9.17) is 4.74 Å². The van der Waals surface area contributed by atoms with E-state index in [-0.39, 0.29) is 12.5 Å². The molecule has 2 atom stereocenters. The molecule has 0 aliphatic heterocycles. The quantitative estimate of drug-likeness (QED) is 0.0359. The summed E-state index contributed by atoms with van der Waals surface area (Å²) in [6.45, 7) is 10.2. The molecule has 0 spiro atoms. The average Bonchev–Trinajstić information content (AvgIpc) is 3.20. The number of hydrogen-bond acceptors (Lipinski definition) is 7. The van der Waals surface area contributed by atoms with Gasteiger partial charge < -0.3 is 35.6 Å². The van der Waals surface area contributed by atoms with Crippen LogP contribution in [0.25, 0.3) is 0 Å². The monoisotopic (exact) mass is 808 g/mol. The molecular weight excluding hydrogens is 711 g/mol. The Kier molecular flexibility index (Phi) is 42.6. The second-order valence-electron chi connectivity index (χ2n) is 17.1. The van der Waals surface area contributed by atoms with Gasteiger partial charge in [0.1, 0.15) is 6.61 Å². The Morgan fingerprint density at radius 1 is 0.579 bits per heavy atom. The number of aliphatic hydroxyl groups excluding tert-OH is 1. The van der Waals surface area contributed by atoms with Crippen molar-refractivity contribution in [3.8, 4) is 0 Å². The van der Waals surface area contributed by atoms with Gasteiger partial charge in [-0.3, -0.25) is 4.79 Å². The first-order chi connectivity index (χ1) is 27.8. The topological polar surface area (TPSA) is 106 Å². The van der Waals surface area contributed by atoms with E-state index in [1.807, 2.05) is 13.1 Å². The van der Waals surface area contributed by atoms with E-state index in [1.54, 1.807) is 6.08 Å². The summed E-state index contributed by atoms with van der Waals surface area (Å²) in [7, 11) is 6.32. The maximum atomic E-state index is 12.9. The molecular formula is C48H97N5O4. The lowest BCUT2D eigenvalue weighted by atomic mass is 10.0. The van der Waals surface area contributed by atoms with E-state index in [0.717, 1.165) is 77.7 Å². The van der Waals surface area contributed by atoms with Crippen molar-refractivity contribution >= 4 is 12.0 Å². The number of allylic oxidation sites excluding steroid dienone is 1. The fraction of sp³-hybridized carbons (Fsp3) is 0.917. The van der Waals surface area contributed by atoms with E-state index in [1.165, 1.54) is 141 Å². The highest BCUT2D eigenvalue weighted by Gasteiger charge is 2.21. The number of carbonyl (C=O) groups is 2. The van der Waals surface area contributed by atoms with Crippen LogP contribution in [0.3, 0.4) is 0 Å². The lowest BCUT2D eigenvalue weighted by Gasteiger charge is -2.22.